The fraction of sp³-hybridized carbons (Fsp3) is 1.00. The second-order valence-corrected chi connectivity index (χ2v) is 3.86. The van der Waals surface area contributed by atoms with Crippen molar-refractivity contribution >= 4 is 0 Å². The molecule has 1 N–H and O–H groups in total. The Labute approximate surface area is 104 Å². The van der Waals surface area contributed by atoms with Crippen LogP contribution in [0.5, 0.6) is 0 Å². The summed E-state index contributed by atoms with van der Waals surface area (Å²) in [6.07, 6.45) is 0. The van der Waals surface area contributed by atoms with Crippen molar-refractivity contribution in [3.8, 4) is 0 Å². The maximum atomic E-state index is 10.6. The predicted octanol–water partition coefficient (Wildman–Crippen LogP) is -0.460. The van der Waals surface area contributed by atoms with E-state index < -0.39 is 0 Å². The number of hydrogen-bond donors (Lipinski definition) is 1. The molecule has 1 heterocycles. The lowest BCUT2D eigenvalue weighted by Crippen LogP contribution is -2.40. The molecule has 18 heavy (non-hydrogen) atoms. The number of nitroso groups, excluding NO2 is 3. The van der Waals surface area contributed by atoms with Gasteiger partial charge in [-0.05, 0) is 0 Å². The molecule has 0 aliphatic carbocycles. The lowest BCUT2D eigenvalue weighted by Gasteiger charge is -2.23. The van der Waals surface area contributed by atoms with E-state index in [0.29, 0.717) is 52.4 Å². The Morgan fingerprint density at radius 2 is 0.944 bits per heavy atom. The SMILES string of the molecule is O=NN1CCNCCN(N=O)CCN(N=O)CC1. The zero-order chi connectivity index (χ0) is 13.2. The maximum absolute atomic E-state index is 10.6. The van der Waals surface area contributed by atoms with Gasteiger partial charge >= 0.3 is 0 Å². The summed E-state index contributed by atoms with van der Waals surface area (Å²) in [6.45, 7) is 3.29. The largest absolute Gasteiger partial charge is 0.313 e. The van der Waals surface area contributed by atoms with Gasteiger partial charge in [-0.2, -0.15) is 0 Å². The highest BCUT2D eigenvalue weighted by atomic mass is 16.3. The lowest BCUT2D eigenvalue weighted by molar-refractivity contribution is 0.173. The molecule has 10 nitrogen and oxygen atoms in total. The van der Waals surface area contributed by atoms with E-state index in [2.05, 4.69) is 21.2 Å². The predicted molar refractivity (Wildman–Crippen MR) is 65.0 cm³/mol. The number of nitrogens with zero attached hydrogens (tertiary/aromatic N) is 6. The van der Waals surface area contributed by atoms with Crippen LogP contribution in [0.25, 0.3) is 0 Å². The van der Waals surface area contributed by atoms with Crippen LogP contribution < -0.4 is 5.32 Å². The Balaban J connectivity index is 2.52. The van der Waals surface area contributed by atoms with E-state index in [9.17, 15) is 14.7 Å². The monoisotopic (exact) mass is 259 g/mol. The van der Waals surface area contributed by atoms with Gasteiger partial charge in [-0.25, -0.2) is 0 Å². The first kappa shape index (κ1) is 14.2. The van der Waals surface area contributed by atoms with E-state index >= 15 is 0 Å². The molecule has 0 aromatic rings. The van der Waals surface area contributed by atoms with Crippen molar-refractivity contribution in [2.75, 3.05) is 52.4 Å². The zero-order valence-electron chi connectivity index (χ0n) is 10.1. The van der Waals surface area contributed by atoms with Crippen molar-refractivity contribution < 1.29 is 0 Å². The number of rotatable bonds is 3. The van der Waals surface area contributed by atoms with Crippen LogP contribution in [0.1, 0.15) is 0 Å². The van der Waals surface area contributed by atoms with Crippen LogP contribution in [-0.2, 0) is 0 Å². The van der Waals surface area contributed by atoms with Crippen molar-refractivity contribution in [3.05, 3.63) is 14.7 Å². The van der Waals surface area contributed by atoms with Crippen molar-refractivity contribution in [3.63, 3.8) is 0 Å². The van der Waals surface area contributed by atoms with Crippen molar-refractivity contribution in [2.45, 2.75) is 0 Å². The summed E-state index contributed by atoms with van der Waals surface area (Å²) < 4.78 is 0. The van der Waals surface area contributed by atoms with Crippen LogP contribution >= 0.6 is 0 Å². The molecule has 102 valence electrons. The first-order valence-corrected chi connectivity index (χ1v) is 5.75. The Kier molecular flexibility index (Phi) is 6.54. The average molecular weight is 259 g/mol. The topological polar surface area (TPSA) is 110 Å². The summed E-state index contributed by atoms with van der Waals surface area (Å²) >= 11 is 0. The Bertz CT molecular complexity index is 255. The molecule has 0 unspecified atom stereocenters. The summed E-state index contributed by atoms with van der Waals surface area (Å²) in [5, 5.41) is 15.6. The molecule has 0 aromatic heterocycles. The molecule has 1 saturated heterocycles. The highest BCUT2D eigenvalue weighted by Gasteiger charge is 2.12. The third-order valence-electron chi connectivity index (χ3n) is 2.67. The van der Waals surface area contributed by atoms with Gasteiger partial charge in [0.2, 0.25) is 0 Å². The highest BCUT2D eigenvalue weighted by molar-refractivity contribution is 4.64. The van der Waals surface area contributed by atoms with E-state index in [4.69, 9.17) is 0 Å². The third kappa shape index (κ3) is 4.99. The molecule has 0 radical (unpaired) electrons. The number of hydrogen-bond acceptors (Lipinski definition) is 7. The molecule has 0 spiro atoms. The van der Waals surface area contributed by atoms with E-state index in [1.54, 1.807) is 0 Å². The van der Waals surface area contributed by atoms with Crippen LogP contribution in [0.3, 0.4) is 0 Å². The van der Waals surface area contributed by atoms with Gasteiger partial charge in [0.1, 0.15) is 0 Å². The molecule has 0 bridgehead atoms. The fourth-order valence-electron chi connectivity index (χ4n) is 1.58. The zero-order valence-corrected chi connectivity index (χ0v) is 10.1. The normalized spacial score (nSPS) is 19.7. The summed E-state index contributed by atoms with van der Waals surface area (Å²) in [6, 6.07) is 0. The van der Waals surface area contributed by atoms with Gasteiger partial charge in [-0.1, -0.05) is 0 Å². The van der Waals surface area contributed by atoms with Crippen LogP contribution in [0, 0.1) is 14.7 Å². The van der Waals surface area contributed by atoms with Crippen LogP contribution in [-0.4, -0.2) is 67.4 Å². The molecule has 0 aromatic carbocycles. The molecule has 1 rings (SSSR count). The molecule has 0 saturated carbocycles. The molecular weight excluding hydrogens is 242 g/mol. The van der Waals surface area contributed by atoms with Gasteiger partial charge in [-0.15, -0.1) is 14.7 Å². The number of nitrogens with one attached hydrogen (secondary N) is 1. The highest BCUT2D eigenvalue weighted by Crippen LogP contribution is 1.97. The Morgan fingerprint density at radius 3 is 1.28 bits per heavy atom. The second-order valence-electron chi connectivity index (χ2n) is 3.86. The standard InChI is InChI=1S/C8H17N7O3/c16-10-13-3-1-9-2-4-14(11-17)6-8-15(12-18)7-5-13/h9H,1-8H2. The first-order valence-electron chi connectivity index (χ1n) is 5.75. The summed E-state index contributed by atoms with van der Waals surface area (Å²) in [5.41, 5.74) is 0. The molecule has 1 fully saturated rings. The lowest BCUT2D eigenvalue weighted by atomic mass is 10.4. The smallest absolute Gasteiger partial charge is 0.0586 e. The maximum Gasteiger partial charge on any atom is 0.0586 e. The van der Waals surface area contributed by atoms with Crippen molar-refractivity contribution in [1.82, 2.24) is 20.3 Å². The summed E-state index contributed by atoms with van der Waals surface area (Å²) in [7, 11) is 0. The van der Waals surface area contributed by atoms with Gasteiger partial charge < -0.3 is 5.32 Å². The minimum absolute atomic E-state index is 0.294. The second kappa shape index (κ2) is 8.28. The van der Waals surface area contributed by atoms with E-state index in [0.717, 1.165) is 0 Å². The van der Waals surface area contributed by atoms with Gasteiger partial charge in [-0.3, -0.25) is 15.0 Å². The minimum atomic E-state index is 0.294. The van der Waals surface area contributed by atoms with Gasteiger partial charge in [0, 0.05) is 13.1 Å². The quantitative estimate of drug-likeness (QED) is 0.683. The third-order valence-corrected chi connectivity index (χ3v) is 2.67. The summed E-state index contributed by atoms with van der Waals surface area (Å²) in [5.74, 6) is 0. The fourth-order valence-corrected chi connectivity index (χ4v) is 1.58. The van der Waals surface area contributed by atoms with Crippen LogP contribution in [0.4, 0.5) is 0 Å². The molecule has 0 atom stereocenters. The van der Waals surface area contributed by atoms with Gasteiger partial charge in [0.05, 0.1) is 55.1 Å². The average Bonchev–Trinajstić information content (AvgIpc) is 2.40. The van der Waals surface area contributed by atoms with E-state index in [-0.39, 0.29) is 0 Å². The Morgan fingerprint density at radius 1 is 0.611 bits per heavy atom. The molecule has 1 aliphatic rings. The van der Waals surface area contributed by atoms with E-state index in [1.807, 2.05) is 0 Å². The Hall–Kier alpha value is -1.84. The molecule has 0 amide bonds. The molecule has 1 aliphatic heterocycles. The van der Waals surface area contributed by atoms with Crippen LogP contribution in [0.15, 0.2) is 15.9 Å². The minimum Gasteiger partial charge on any atom is -0.313 e. The van der Waals surface area contributed by atoms with Gasteiger partial charge in [0.25, 0.3) is 0 Å². The summed E-state index contributed by atoms with van der Waals surface area (Å²) in [4.78, 5) is 31.6. The van der Waals surface area contributed by atoms with Gasteiger partial charge in [0.15, 0.2) is 0 Å². The molecule has 10 heteroatoms. The van der Waals surface area contributed by atoms with Crippen molar-refractivity contribution in [2.24, 2.45) is 15.9 Å². The first-order chi connectivity index (χ1) is 8.80. The van der Waals surface area contributed by atoms with Crippen LogP contribution in [0.2, 0.25) is 0 Å². The van der Waals surface area contributed by atoms with E-state index in [1.165, 1.54) is 15.0 Å². The van der Waals surface area contributed by atoms with Crippen molar-refractivity contribution in [1.29, 1.82) is 0 Å². The molecular formula is C8H17N7O3.